The Morgan fingerprint density at radius 1 is 1.00 bits per heavy atom. The second-order valence-electron chi connectivity index (χ2n) is 6.51. The molecule has 0 radical (unpaired) electrons. The van der Waals surface area contributed by atoms with Crippen molar-refractivity contribution in [3.05, 3.63) is 0 Å². The van der Waals surface area contributed by atoms with E-state index in [9.17, 15) is 0 Å². The first kappa shape index (κ1) is 14.9. The Morgan fingerprint density at radius 3 is 2.21 bits per heavy atom. The quantitative estimate of drug-likeness (QED) is 0.503. The average Bonchev–Trinajstić information content (AvgIpc) is 3.03. The zero-order valence-electron chi connectivity index (χ0n) is 12.9. The van der Waals surface area contributed by atoms with Gasteiger partial charge in [0, 0.05) is 5.92 Å². The van der Waals surface area contributed by atoms with Crippen molar-refractivity contribution in [3.8, 4) is 0 Å². The summed E-state index contributed by atoms with van der Waals surface area (Å²) in [5.41, 5.74) is 0.252. The third-order valence-electron chi connectivity index (χ3n) is 4.57. The third-order valence-corrected chi connectivity index (χ3v) is 4.57. The second-order valence-corrected chi connectivity index (χ2v) is 6.51. The summed E-state index contributed by atoms with van der Waals surface area (Å²) in [7, 11) is 0. The third kappa shape index (κ3) is 4.50. The van der Waals surface area contributed by atoms with E-state index >= 15 is 0 Å². The maximum atomic E-state index is 5.93. The zero-order valence-corrected chi connectivity index (χ0v) is 12.9. The number of hydrogen-bond donors (Lipinski definition) is 0. The summed E-state index contributed by atoms with van der Waals surface area (Å²) < 4.78 is 5.93. The van der Waals surface area contributed by atoms with Crippen molar-refractivity contribution in [1.82, 2.24) is 0 Å². The van der Waals surface area contributed by atoms with E-state index in [2.05, 4.69) is 13.8 Å². The van der Waals surface area contributed by atoms with Gasteiger partial charge in [-0.05, 0) is 25.7 Å². The predicted molar refractivity (Wildman–Crippen MR) is 81.7 cm³/mol. The molecule has 1 aliphatic carbocycles. The molecule has 1 atom stereocenters. The van der Waals surface area contributed by atoms with Gasteiger partial charge < -0.3 is 4.74 Å². The monoisotopic (exact) mass is 265 g/mol. The summed E-state index contributed by atoms with van der Waals surface area (Å²) in [6.07, 6.45) is 14.5. The Hall–Kier alpha value is -0.530. The summed E-state index contributed by atoms with van der Waals surface area (Å²) in [5, 5.41) is 0. The van der Waals surface area contributed by atoms with Gasteiger partial charge in [0.25, 0.3) is 0 Å². The Kier molecular flexibility index (Phi) is 5.72. The van der Waals surface area contributed by atoms with Gasteiger partial charge in [-0.3, -0.25) is 0 Å². The van der Waals surface area contributed by atoms with Crippen LogP contribution in [0, 0.1) is 5.92 Å². The smallest absolute Gasteiger partial charge is 0.187 e. The first-order valence-electron chi connectivity index (χ1n) is 8.52. The maximum absolute atomic E-state index is 5.93. The molecule has 0 aromatic carbocycles. The molecular weight excluding hydrogens is 234 g/mol. The van der Waals surface area contributed by atoms with Gasteiger partial charge in [-0.25, -0.2) is 4.99 Å². The number of nitrogens with zero attached hydrogens (tertiary/aromatic N) is 1. The first-order valence-corrected chi connectivity index (χ1v) is 8.52. The minimum atomic E-state index is 0.252. The van der Waals surface area contributed by atoms with Crippen LogP contribution in [0.3, 0.4) is 0 Å². The lowest BCUT2D eigenvalue weighted by Crippen LogP contribution is -2.15. The van der Waals surface area contributed by atoms with Gasteiger partial charge in [0.2, 0.25) is 0 Å². The molecule has 0 amide bonds. The standard InChI is InChI=1S/C17H31NO/c1-3-5-7-9-11-15(10-8-6-4-2)16-18-17(12-13-17)14-19-16/h15H,3-14H2,1-2H3. The minimum Gasteiger partial charge on any atom is -0.478 e. The van der Waals surface area contributed by atoms with E-state index in [0.29, 0.717) is 5.92 Å². The number of unbranched alkanes of at least 4 members (excludes halogenated alkanes) is 5. The minimum absolute atomic E-state index is 0.252. The van der Waals surface area contributed by atoms with Crippen LogP contribution in [0.4, 0.5) is 0 Å². The second kappa shape index (κ2) is 7.31. The molecule has 1 heterocycles. The summed E-state index contributed by atoms with van der Waals surface area (Å²) >= 11 is 0. The molecule has 0 aromatic rings. The van der Waals surface area contributed by atoms with Crippen molar-refractivity contribution >= 4 is 5.90 Å². The zero-order chi connectivity index (χ0) is 13.6. The highest BCUT2D eigenvalue weighted by Gasteiger charge is 2.48. The van der Waals surface area contributed by atoms with E-state index in [-0.39, 0.29) is 5.54 Å². The largest absolute Gasteiger partial charge is 0.478 e. The van der Waals surface area contributed by atoms with Crippen molar-refractivity contribution < 1.29 is 4.74 Å². The lowest BCUT2D eigenvalue weighted by molar-refractivity contribution is 0.283. The Morgan fingerprint density at radius 2 is 1.63 bits per heavy atom. The predicted octanol–water partition coefficient (Wildman–Crippen LogP) is 5.11. The molecule has 2 rings (SSSR count). The molecule has 19 heavy (non-hydrogen) atoms. The van der Waals surface area contributed by atoms with E-state index in [4.69, 9.17) is 9.73 Å². The van der Waals surface area contributed by atoms with Crippen LogP contribution < -0.4 is 0 Å². The summed E-state index contributed by atoms with van der Waals surface area (Å²) in [5.74, 6) is 1.73. The van der Waals surface area contributed by atoms with Crippen LogP contribution in [-0.2, 0) is 4.74 Å². The normalized spacial score (nSPS) is 21.3. The molecule has 1 unspecified atom stereocenters. The summed E-state index contributed by atoms with van der Waals surface area (Å²) in [6.45, 7) is 5.43. The highest BCUT2D eigenvalue weighted by atomic mass is 16.5. The summed E-state index contributed by atoms with van der Waals surface area (Å²) in [4.78, 5) is 4.90. The molecule has 0 aromatic heterocycles. The Bertz CT molecular complexity index is 294. The van der Waals surface area contributed by atoms with Gasteiger partial charge in [-0.15, -0.1) is 0 Å². The van der Waals surface area contributed by atoms with Gasteiger partial charge in [-0.2, -0.15) is 0 Å². The number of rotatable bonds is 10. The maximum Gasteiger partial charge on any atom is 0.187 e. The van der Waals surface area contributed by atoms with Crippen LogP contribution in [0.2, 0.25) is 0 Å². The Labute approximate surface area is 119 Å². The highest BCUT2D eigenvalue weighted by molar-refractivity contribution is 5.81. The van der Waals surface area contributed by atoms with Crippen LogP contribution in [-0.4, -0.2) is 18.0 Å². The van der Waals surface area contributed by atoms with Crippen molar-refractivity contribution in [2.75, 3.05) is 6.61 Å². The van der Waals surface area contributed by atoms with E-state index in [1.54, 1.807) is 0 Å². The van der Waals surface area contributed by atoms with Gasteiger partial charge in [-0.1, -0.05) is 58.8 Å². The van der Waals surface area contributed by atoms with Crippen molar-refractivity contribution in [1.29, 1.82) is 0 Å². The fraction of sp³-hybridized carbons (Fsp3) is 0.941. The van der Waals surface area contributed by atoms with Crippen molar-refractivity contribution in [2.24, 2.45) is 10.9 Å². The molecule has 1 fully saturated rings. The van der Waals surface area contributed by atoms with E-state index in [1.165, 1.54) is 70.6 Å². The van der Waals surface area contributed by atoms with Crippen molar-refractivity contribution in [2.45, 2.75) is 90.0 Å². The van der Waals surface area contributed by atoms with Crippen LogP contribution in [0.15, 0.2) is 4.99 Å². The van der Waals surface area contributed by atoms with Crippen LogP contribution >= 0.6 is 0 Å². The molecule has 0 bridgehead atoms. The lowest BCUT2D eigenvalue weighted by atomic mass is 9.94. The molecule has 2 nitrogen and oxygen atoms in total. The number of hydrogen-bond acceptors (Lipinski definition) is 2. The topological polar surface area (TPSA) is 21.6 Å². The highest BCUT2D eigenvalue weighted by Crippen LogP contribution is 2.44. The molecule has 2 aliphatic rings. The number of ether oxygens (including phenoxy) is 1. The van der Waals surface area contributed by atoms with Crippen LogP contribution in [0.25, 0.3) is 0 Å². The van der Waals surface area contributed by atoms with E-state index < -0.39 is 0 Å². The SMILES string of the molecule is CCCCCCC(CCCCC)C1=NC2(CC2)CO1. The van der Waals surface area contributed by atoms with Gasteiger partial charge in [0.05, 0.1) is 5.54 Å². The molecule has 1 spiro atoms. The summed E-state index contributed by atoms with van der Waals surface area (Å²) in [6, 6.07) is 0. The van der Waals surface area contributed by atoms with Gasteiger partial charge in [0.1, 0.15) is 6.61 Å². The lowest BCUT2D eigenvalue weighted by Gasteiger charge is -2.16. The van der Waals surface area contributed by atoms with Crippen LogP contribution in [0.1, 0.15) is 84.5 Å². The molecular formula is C17H31NO. The first-order chi connectivity index (χ1) is 9.29. The fourth-order valence-corrected chi connectivity index (χ4v) is 2.97. The van der Waals surface area contributed by atoms with E-state index in [1.807, 2.05) is 0 Å². The molecule has 1 saturated carbocycles. The average molecular weight is 265 g/mol. The molecule has 0 saturated heterocycles. The number of aliphatic imine (C=N–C) groups is 1. The fourth-order valence-electron chi connectivity index (χ4n) is 2.97. The van der Waals surface area contributed by atoms with Crippen molar-refractivity contribution in [3.63, 3.8) is 0 Å². The van der Waals surface area contributed by atoms with Crippen LogP contribution in [0.5, 0.6) is 0 Å². The Balaban J connectivity index is 1.79. The molecule has 110 valence electrons. The molecule has 2 heteroatoms. The molecule has 1 aliphatic heterocycles. The van der Waals surface area contributed by atoms with Gasteiger partial charge >= 0.3 is 0 Å². The van der Waals surface area contributed by atoms with E-state index in [0.717, 1.165) is 12.5 Å². The molecule has 0 N–H and O–H groups in total. The van der Waals surface area contributed by atoms with Gasteiger partial charge in [0.15, 0.2) is 5.90 Å².